The van der Waals surface area contributed by atoms with Gasteiger partial charge < -0.3 is 5.11 Å². The van der Waals surface area contributed by atoms with Gasteiger partial charge in [-0.15, -0.1) is 0 Å². The Morgan fingerprint density at radius 1 is 1.41 bits per heavy atom. The zero-order valence-electron chi connectivity index (χ0n) is 12.2. The van der Waals surface area contributed by atoms with Crippen LogP contribution in [0.5, 0.6) is 0 Å². The van der Waals surface area contributed by atoms with Gasteiger partial charge in [-0.25, -0.2) is 13.1 Å². The second-order valence-electron chi connectivity index (χ2n) is 5.33. The molecule has 122 valence electrons. The van der Waals surface area contributed by atoms with Gasteiger partial charge in [-0.2, -0.15) is 0 Å². The van der Waals surface area contributed by atoms with E-state index < -0.39 is 16.0 Å². The molecule has 0 saturated heterocycles. The lowest BCUT2D eigenvalue weighted by molar-refractivity contribution is -0.139. The predicted molar refractivity (Wildman–Crippen MR) is 86.2 cm³/mol. The number of aliphatic carboxylic acids is 1. The summed E-state index contributed by atoms with van der Waals surface area (Å²) in [6, 6.07) is 6.63. The van der Waals surface area contributed by atoms with Crippen molar-refractivity contribution in [1.29, 1.82) is 0 Å². The van der Waals surface area contributed by atoms with Gasteiger partial charge in [-0.05, 0) is 47.4 Å². The SMILES string of the molecule is CCN(CC(=O)O)C1CC(NS(=O)(=O)c2ccccc2Br)C1. The van der Waals surface area contributed by atoms with Gasteiger partial charge in [0, 0.05) is 16.6 Å². The normalized spacial score (nSPS) is 21.6. The Labute approximate surface area is 138 Å². The summed E-state index contributed by atoms with van der Waals surface area (Å²) >= 11 is 3.24. The molecular formula is C14H19BrN2O4S. The minimum Gasteiger partial charge on any atom is -0.480 e. The molecule has 2 N–H and O–H groups in total. The molecule has 1 fully saturated rings. The molecule has 0 heterocycles. The summed E-state index contributed by atoms with van der Waals surface area (Å²) < 4.78 is 27.9. The molecule has 0 aliphatic heterocycles. The highest BCUT2D eigenvalue weighted by Crippen LogP contribution is 2.28. The van der Waals surface area contributed by atoms with E-state index in [0.29, 0.717) is 23.9 Å². The quantitative estimate of drug-likeness (QED) is 0.739. The summed E-state index contributed by atoms with van der Waals surface area (Å²) in [5.41, 5.74) is 0. The number of carboxylic acid groups (broad SMARTS) is 1. The van der Waals surface area contributed by atoms with Crippen LogP contribution in [0, 0.1) is 0 Å². The standard InChI is InChI=1S/C14H19BrN2O4S/c1-2-17(9-14(18)19)11-7-10(8-11)16-22(20,21)13-6-4-3-5-12(13)15/h3-6,10-11,16H,2,7-9H2,1H3,(H,18,19). The van der Waals surface area contributed by atoms with E-state index >= 15 is 0 Å². The number of carbonyl (C=O) groups is 1. The largest absolute Gasteiger partial charge is 0.480 e. The first-order chi connectivity index (χ1) is 10.3. The maximum absolute atomic E-state index is 12.3. The van der Waals surface area contributed by atoms with E-state index in [1.807, 2.05) is 11.8 Å². The van der Waals surface area contributed by atoms with Gasteiger partial charge in [0.1, 0.15) is 0 Å². The van der Waals surface area contributed by atoms with Crippen molar-refractivity contribution in [2.24, 2.45) is 0 Å². The van der Waals surface area contributed by atoms with Crippen molar-refractivity contribution in [1.82, 2.24) is 9.62 Å². The van der Waals surface area contributed by atoms with Crippen LogP contribution in [0.25, 0.3) is 0 Å². The van der Waals surface area contributed by atoms with Crippen molar-refractivity contribution in [3.8, 4) is 0 Å². The topological polar surface area (TPSA) is 86.7 Å². The highest BCUT2D eigenvalue weighted by molar-refractivity contribution is 9.10. The summed E-state index contributed by atoms with van der Waals surface area (Å²) in [5, 5.41) is 8.86. The van der Waals surface area contributed by atoms with Gasteiger partial charge in [0.2, 0.25) is 10.0 Å². The van der Waals surface area contributed by atoms with E-state index in [0.717, 1.165) is 0 Å². The monoisotopic (exact) mass is 390 g/mol. The maximum Gasteiger partial charge on any atom is 0.317 e. The first kappa shape index (κ1) is 17.4. The molecule has 0 aromatic heterocycles. The summed E-state index contributed by atoms with van der Waals surface area (Å²) in [7, 11) is -3.56. The Balaban J connectivity index is 1.95. The van der Waals surface area contributed by atoms with Crippen molar-refractivity contribution in [2.45, 2.75) is 36.7 Å². The second-order valence-corrected chi connectivity index (χ2v) is 7.87. The average Bonchev–Trinajstić information content (AvgIpc) is 2.40. The number of hydrogen-bond acceptors (Lipinski definition) is 4. The fraction of sp³-hybridized carbons (Fsp3) is 0.500. The molecule has 1 aromatic carbocycles. The van der Waals surface area contributed by atoms with E-state index in [-0.39, 0.29) is 23.5 Å². The average molecular weight is 391 g/mol. The van der Waals surface area contributed by atoms with E-state index in [2.05, 4.69) is 20.7 Å². The van der Waals surface area contributed by atoms with Gasteiger partial charge in [0.15, 0.2) is 0 Å². The zero-order chi connectivity index (χ0) is 16.3. The fourth-order valence-corrected chi connectivity index (χ4v) is 4.87. The number of sulfonamides is 1. The lowest BCUT2D eigenvalue weighted by Gasteiger charge is -2.42. The minimum atomic E-state index is -3.56. The molecule has 1 aliphatic carbocycles. The molecule has 0 atom stereocenters. The predicted octanol–water partition coefficient (Wildman–Crippen LogP) is 1.66. The number of nitrogens with one attached hydrogen (secondary N) is 1. The van der Waals surface area contributed by atoms with Crippen molar-refractivity contribution in [3.63, 3.8) is 0 Å². The third kappa shape index (κ3) is 4.07. The molecule has 0 radical (unpaired) electrons. The Hall–Kier alpha value is -0.960. The van der Waals surface area contributed by atoms with Crippen LogP contribution >= 0.6 is 15.9 Å². The van der Waals surface area contributed by atoms with Gasteiger partial charge in [0.05, 0.1) is 11.4 Å². The fourth-order valence-electron chi connectivity index (χ4n) is 2.60. The van der Waals surface area contributed by atoms with E-state index in [1.165, 1.54) is 0 Å². The highest BCUT2D eigenvalue weighted by Gasteiger charge is 2.36. The lowest BCUT2D eigenvalue weighted by atomic mass is 9.86. The van der Waals surface area contributed by atoms with Crippen LogP contribution in [0.1, 0.15) is 19.8 Å². The summed E-state index contributed by atoms with van der Waals surface area (Å²) in [6.45, 7) is 2.53. The number of hydrogen-bond donors (Lipinski definition) is 2. The van der Waals surface area contributed by atoms with E-state index in [9.17, 15) is 13.2 Å². The van der Waals surface area contributed by atoms with Crippen LogP contribution < -0.4 is 4.72 Å². The molecule has 0 unspecified atom stereocenters. The lowest BCUT2D eigenvalue weighted by Crippen LogP contribution is -2.54. The summed E-state index contributed by atoms with van der Waals surface area (Å²) in [6.07, 6.45) is 1.26. The van der Waals surface area contributed by atoms with Crippen LogP contribution in [0.2, 0.25) is 0 Å². The van der Waals surface area contributed by atoms with Gasteiger partial charge >= 0.3 is 5.97 Å². The molecule has 8 heteroatoms. The molecule has 0 amide bonds. The van der Waals surface area contributed by atoms with Gasteiger partial charge in [-0.1, -0.05) is 19.1 Å². The van der Waals surface area contributed by atoms with Crippen LogP contribution in [0.3, 0.4) is 0 Å². The number of benzene rings is 1. The minimum absolute atomic E-state index is 0.00906. The Bertz CT molecular complexity index is 644. The highest BCUT2D eigenvalue weighted by atomic mass is 79.9. The molecule has 1 aliphatic rings. The van der Waals surface area contributed by atoms with Gasteiger partial charge in [0.25, 0.3) is 0 Å². The third-order valence-electron chi connectivity index (χ3n) is 3.82. The Morgan fingerprint density at radius 3 is 2.59 bits per heavy atom. The first-order valence-electron chi connectivity index (χ1n) is 7.06. The Kier molecular flexibility index (Phi) is 5.60. The molecule has 1 saturated carbocycles. The Morgan fingerprint density at radius 2 is 2.05 bits per heavy atom. The van der Waals surface area contributed by atoms with Crippen LogP contribution in [-0.4, -0.2) is 49.6 Å². The number of rotatable bonds is 7. The van der Waals surface area contributed by atoms with Crippen LogP contribution in [0.15, 0.2) is 33.6 Å². The number of carboxylic acids is 1. The van der Waals surface area contributed by atoms with Crippen molar-refractivity contribution in [3.05, 3.63) is 28.7 Å². The number of nitrogens with zero attached hydrogens (tertiary/aromatic N) is 1. The summed E-state index contributed by atoms with van der Waals surface area (Å²) in [5.74, 6) is -0.862. The smallest absolute Gasteiger partial charge is 0.317 e. The molecule has 6 nitrogen and oxygen atoms in total. The van der Waals surface area contributed by atoms with Crippen molar-refractivity contribution in [2.75, 3.05) is 13.1 Å². The van der Waals surface area contributed by atoms with Crippen LogP contribution in [-0.2, 0) is 14.8 Å². The van der Waals surface area contributed by atoms with Crippen LogP contribution in [0.4, 0.5) is 0 Å². The molecule has 0 spiro atoms. The second kappa shape index (κ2) is 7.08. The van der Waals surface area contributed by atoms with Crippen molar-refractivity contribution < 1.29 is 18.3 Å². The number of likely N-dealkylation sites (N-methyl/N-ethyl adjacent to an activating group) is 1. The molecular weight excluding hydrogens is 372 g/mol. The molecule has 2 rings (SSSR count). The van der Waals surface area contributed by atoms with E-state index in [1.54, 1.807) is 24.3 Å². The zero-order valence-corrected chi connectivity index (χ0v) is 14.6. The molecule has 0 bridgehead atoms. The van der Waals surface area contributed by atoms with Crippen molar-refractivity contribution >= 4 is 31.9 Å². The number of halogens is 1. The first-order valence-corrected chi connectivity index (χ1v) is 9.33. The summed E-state index contributed by atoms with van der Waals surface area (Å²) in [4.78, 5) is 12.9. The van der Waals surface area contributed by atoms with E-state index in [4.69, 9.17) is 5.11 Å². The maximum atomic E-state index is 12.3. The molecule has 1 aromatic rings. The molecule has 22 heavy (non-hydrogen) atoms. The van der Waals surface area contributed by atoms with Gasteiger partial charge in [-0.3, -0.25) is 9.69 Å². The third-order valence-corrected chi connectivity index (χ3v) is 6.35.